The van der Waals surface area contributed by atoms with Crippen molar-refractivity contribution in [1.82, 2.24) is 0 Å². The maximum Gasteiger partial charge on any atom is 0.0681 e. The van der Waals surface area contributed by atoms with Crippen LogP contribution in [0.15, 0.2) is 24.3 Å². The van der Waals surface area contributed by atoms with Crippen LogP contribution in [0.25, 0.3) is 0 Å². The molecular weight excluding hydrogens is 208 g/mol. The second kappa shape index (κ2) is 4.12. The Hall–Kier alpha value is -1.20. The first-order chi connectivity index (χ1) is 7.22. The standard InChI is InChI=1S/C12H13ClN2/c1-9-10(8-14)6-7-15(9)12-4-2-11(13)3-5-12/h2-5,9-10H,6-7H2,1H3. The molecule has 1 fully saturated rings. The highest BCUT2D eigenvalue weighted by atomic mass is 35.5. The molecule has 2 nitrogen and oxygen atoms in total. The smallest absolute Gasteiger partial charge is 0.0681 e. The third kappa shape index (κ3) is 1.93. The lowest BCUT2D eigenvalue weighted by atomic mass is 10.0. The minimum Gasteiger partial charge on any atom is -0.367 e. The first kappa shape index (κ1) is 10.3. The predicted molar refractivity (Wildman–Crippen MR) is 62.0 cm³/mol. The first-order valence-electron chi connectivity index (χ1n) is 5.14. The van der Waals surface area contributed by atoms with Crippen LogP contribution < -0.4 is 4.90 Å². The van der Waals surface area contributed by atoms with Gasteiger partial charge in [0.15, 0.2) is 0 Å². The van der Waals surface area contributed by atoms with Crippen LogP contribution in [0.4, 0.5) is 5.69 Å². The van der Waals surface area contributed by atoms with Crippen LogP contribution >= 0.6 is 11.6 Å². The molecule has 1 aliphatic heterocycles. The minimum atomic E-state index is 0.153. The predicted octanol–water partition coefficient (Wildman–Crippen LogP) is 3.08. The number of rotatable bonds is 1. The Morgan fingerprint density at radius 2 is 2.07 bits per heavy atom. The van der Waals surface area contributed by atoms with Crippen molar-refractivity contribution in [3.8, 4) is 6.07 Å². The summed E-state index contributed by atoms with van der Waals surface area (Å²) in [6.45, 7) is 3.07. The molecule has 2 unspecified atom stereocenters. The van der Waals surface area contributed by atoms with Crippen molar-refractivity contribution in [1.29, 1.82) is 5.26 Å². The zero-order valence-electron chi connectivity index (χ0n) is 8.65. The van der Waals surface area contributed by atoms with E-state index in [1.807, 2.05) is 24.3 Å². The van der Waals surface area contributed by atoms with Gasteiger partial charge < -0.3 is 4.90 Å². The SMILES string of the molecule is CC1C(C#N)CCN1c1ccc(Cl)cc1. The van der Waals surface area contributed by atoms with Gasteiger partial charge in [-0.3, -0.25) is 0 Å². The zero-order valence-corrected chi connectivity index (χ0v) is 9.41. The Morgan fingerprint density at radius 3 is 2.60 bits per heavy atom. The third-order valence-corrected chi connectivity index (χ3v) is 3.33. The van der Waals surface area contributed by atoms with E-state index in [2.05, 4.69) is 17.9 Å². The number of halogens is 1. The molecule has 0 spiro atoms. The largest absolute Gasteiger partial charge is 0.367 e. The van der Waals surface area contributed by atoms with Gasteiger partial charge in [0.2, 0.25) is 0 Å². The summed E-state index contributed by atoms with van der Waals surface area (Å²) in [5, 5.41) is 9.70. The van der Waals surface area contributed by atoms with Crippen LogP contribution in [-0.2, 0) is 0 Å². The Balaban J connectivity index is 2.19. The summed E-state index contributed by atoms with van der Waals surface area (Å²) in [7, 11) is 0. The maximum atomic E-state index is 8.95. The lowest BCUT2D eigenvalue weighted by Crippen LogP contribution is -2.29. The fourth-order valence-electron chi connectivity index (χ4n) is 2.11. The summed E-state index contributed by atoms with van der Waals surface area (Å²) in [6, 6.07) is 10.5. The van der Waals surface area contributed by atoms with Crippen LogP contribution in [0.2, 0.25) is 5.02 Å². The number of hydrogen-bond donors (Lipinski definition) is 0. The summed E-state index contributed by atoms with van der Waals surface area (Å²) in [6.07, 6.45) is 0.959. The number of anilines is 1. The van der Waals surface area contributed by atoms with E-state index in [1.165, 1.54) is 0 Å². The van der Waals surface area contributed by atoms with Gasteiger partial charge in [0.1, 0.15) is 0 Å². The molecule has 0 amide bonds. The van der Waals surface area contributed by atoms with Crippen molar-refractivity contribution < 1.29 is 0 Å². The van der Waals surface area contributed by atoms with Gasteiger partial charge in [-0.15, -0.1) is 0 Å². The molecule has 0 saturated carbocycles. The van der Waals surface area contributed by atoms with E-state index in [4.69, 9.17) is 16.9 Å². The Kier molecular flexibility index (Phi) is 2.83. The van der Waals surface area contributed by atoms with E-state index >= 15 is 0 Å². The van der Waals surface area contributed by atoms with Crippen molar-refractivity contribution in [2.24, 2.45) is 5.92 Å². The van der Waals surface area contributed by atoms with Crippen LogP contribution in [0.5, 0.6) is 0 Å². The first-order valence-corrected chi connectivity index (χ1v) is 5.52. The van der Waals surface area contributed by atoms with Gasteiger partial charge in [-0.2, -0.15) is 5.26 Å². The highest BCUT2D eigenvalue weighted by Crippen LogP contribution is 2.29. The quantitative estimate of drug-likeness (QED) is 0.727. The fraction of sp³-hybridized carbons (Fsp3) is 0.417. The second-order valence-electron chi connectivity index (χ2n) is 3.93. The summed E-state index contributed by atoms with van der Waals surface area (Å²) in [4.78, 5) is 2.27. The minimum absolute atomic E-state index is 0.153. The molecule has 2 atom stereocenters. The number of nitriles is 1. The average Bonchev–Trinajstić information content (AvgIpc) is 2.61. The van der Waals surface area contributed by atoms with Gasteiger partial charge in [0.25, 0.3) is 0 Å². The summed E-state index contributed by atoms with van der Waals surface area (Å²) < 4.78 is 0. The maximum absolute atomic E-state index is 8.95. The van der Waals surface area contributed by atoms with Crippen molar-refractivity contribution in [2.45, 2.75) is 19.4 Å². The molecule has 1 aromatic carbocycles. The summed E-state index contributed by atoms with van der Waals surface area (Å²) in [5.74, 6) is 0.153. The third-order valence-electron chi connectivity index (χ3n) is 3.08. The lowest BCUT2D eigenvalue weighted by molar-refractivity contribution is 0.615. The monoisotopic (exact) mass is 220 g/mol. The Bertz CT molecular complexity index is 380. The van der Waals surface area contributed by atoms with Crippen molar-refractivity contribution in [3.63, 3.8) is 0 Å². The van der Waals surface area contributed by atoms with E-state index in [1.54, 1.807) is 0 Å². The van der Waals surface area contributed by atoms with Gasteiger partial charge >= 0.3 is 0 Å². The number of benzene rings is 1. The Labute approximate surface area is 95.1 Å². The second-order valence-corrected chi connectivity index (χ2v) is 4.37. The van der Waals surface area contributed by atoms with Crippen molar-refractivity contribution in [2.75, 3.05) is 11.4 Å². The highest BCUT2D eigenvalue weighted by molar-refractivity contribution is 6.30. The molecule has 78 valence electrons. The molecule has 0 bridgehead atoms. The normalized spacial score (nSPS) is 25.3. The van der Waals surface area contributed by atoms with Crippen LogP contribution in [0, 0.1) is 17.2 Å². The molecule has 1 aromatic rings. The fourth-order valence-corrected chi connectivity index (χ4v) is 2.24. The summed E-state index contributed by atoms with van der Waals surface area (Å²) in [5.41, 5.74) is 1.16. The molecule has 1 saturated heterocycles. The van der Waals surface area contributed by atoms with Gasteiger partial charge in [-0.1, -0.05) is 11.6 Å². The van der Waals surface area contributed by atoms with E-state index in [9.17, 15) is 0 Å². The van der Waals surface area contributed by atoms with Crippen molar-refractivity contribution >= 4 is 17.3 Å². The molecule has 1 aliphatic rings. The van der Waals surface area contributed by atoms with Gasteiger partial charge in [-0.25, -0.2) is 0 Å². The molecule has 3 heteroatoms. The molecule has 15 heavy (non-hydrogen) atoms. The van der Waals surface area contributed by atoms with Crippen LogP contribution in [-0.4, -0.2) is 12.6 Å². The molecule has 1 heterocycles. The van der Waals surface area contributed by atoms with Gasteiger partial charge in [0, 0.05) is 23.3 Å². The van der Waals surface area contributed by atoms with E-state index < -0.39 is 0 Å². The van der Waals surface area contributed by atoms with E-state index in [0.717, 1.165) is 23.7 Å². The Morgan fingerprint density at radius 1 is 1.40 bits per heavy atom. The molecule has 0 aromatic heterocycles. The van der Waals surface area contributed by atoms with Gasteiger partial charge in [-0.05, 0) is 37.6 Å². The van der Waals surface area contributed by atoms with E-state index in [-0.39, 0.29) is 5.92 Å². The molecule has 0 aliphatic carbocycles. The lowest BCUT2D eigenvalue weighted by Gasteiger charge is -2.24. The van der Waals surface area contributed by atoms with Crippen LogP contribution in [0.1, 0.15) is 13.3 Å². The van der Waals surface area contributed by atoms with Crippen molar-refractivity contribution in [3.05, 3.63) is 29.3 Å². The molecule has 0 N–H and O–H groups in total. The van der Waals surface area contributed by atoms with Crippen LogP contribution in [0.3, 0.4) is 0 Å². The molecular formula is C12H13ClN2. The highest BCUT2D eigenvalue weighted by Gasteiger charge is 2.30. The molecule has 0 radical (unpaired) electrons. The zero-order chi connectivity index (χ0) is 10.8. The summed E-state index contributed by atoms with van der Waals surface area (Å²) >= 11 is 5.84. The van der Waals surface area contributed by atoms with E-state index in [0.29, 0.717) is 6.04 Å². The number of nitrogens with zero attached hydrogens (tertiary/aromatic N) is 2. The topological polar surface area (TPSA) is 27.0 Å². The number of hydrogen-bond acceptors (Lipinski definition) is 2. The molecule has 2 rings (SSSR count). The average molecular weight is 221 g/mol. The van der Waals surface area contributed by atoms with Gasteiger partial charge in [0.05, 0.1) is 12.0 Å².